The minimum absolute atomic E-state index is 0.0558. The first-order chi connectivity index (χ1) is 12.0. The zero-order valence-electron chi connectivity index (χ0n) is 15.0. The molecular weight excluding hydrogens is 356 g/mol. The van der Waals surface area contributed by atoms with Crippen LogP contribution in [-0.4, -0.2) is 48.1 Å². The standard InChI is InChI=1S/C18H25ClN4OS/c1-4-13(5-2)20-17(24)22-8-10-23(11-9-22)18-21-16-12(3)14(19)6-7-15(16)25-18/h6-7,13H,4-5,8-11H2,1-3H3,(H,20,24). The monoisotopic (exact) mass is 380 g/mol. The second-order valence-corrected chi connectivity index (χ2v) is 7.87. The molecule has 1 fully saturated rings. The Balaban J connectivity index is 1.64. The van der Waals surface area contributed by atoms with Gasteiger partial charge in [0.2, 0.25) is 0 Å². The fraction of sp³-hybridized carbons (Fsp3) is 0.556. The summed E-state index contributed by atoms with van der Waals surface area (Å²) in [6.45, 7) is 9.28. The summed E-state index contributed by atoms with van der Waals surface area (Å²) in [5.41, 5.74) is 2.02. The highest BCUT2D eigenvalue weighted by atomic mass is 35.5. The Bertz CT molecular complexity index is 751. The summed E-state index contributed by atoms with van der Waals surface area (Å²) in [6, 6.07) is 4.29. The fourth-order valence-corrected chi connectivity index (χ4v) is 4.31. The van der Waals surface area contributed by atoms with E-state index in [4.69, 9.17) is 16.6 Å². The van der Waals surface area contributed by atoms with Gasteiger partial charge in [0.05, 0.1) is 10.2 Å². The van der Waals surface area contributed by atoms with E-state index in [0.717, 1.165) is 65.0 Å². The molecule has 1 aromatic heterocycles. The number of urea groups is 1. The third-order valence-corrected chi connectivity index (χ3v) is 6.38. The van der Waals surface area contributed by atoms with E-state index < -0.39 is 0 Å². The van der Waals surface area contributed by atoms with Gasteiger partial charge < -0.3 is 15.1 Å². The average molecular weight is 381 g/mol. The Hall–Kier alpha value is -1.53. The average Bonchev–Trinajstić information content (AvgIpc) is 3.08. The third kappa shape index (κ3) is 3.85. The van der Waals surface area contributed by atoms with Crippen LogP contribution in [0, 0.1) is 6.92 Å². The Kier molecular flexibility index (Phi) is 5.69. The first kappa shape index (κ1) is 18.3. The van der Waals surface area contributed by atoms with Crippen LogP contribution in [0.4, 0.5) is 9.93 Å². The van der Waals surface area contributed by atoms with Gasteiger partial charge in [-0.05, 0) is 37.5 Å². The SMILES string of the molecule is CCC(CC)NC(=O)N1CCN(c2nc3c(C)c(Cl)ccc3s2)CC1. The van der Waals surface area contributed by atoms with Crippen molar-refractivity contribution in [1.82, 2.24) is 15.2 Å². The second kappa shape index (κ2) is 7.79. The molecule has 0 unspecified atom stereocenters. The van der Waals surface area contributed by atoms with E-state index in [0.29, 0.717) is 0 Å². The molecule has 2 amide bonds. The smallest absolute Gasteiger partial charge is 0.317 e. The highest BCUT2D eigenvalue weighted by Gasteiger charge is 2.24. The van der Waals surface area contributed by atoms with Gasteiger partial charge >= 0.3 is 6.03 Å². The summed E-state index contributed by atoms with van der Waals surface area (Å²) in [6.07, 6.45) is 1.94. The van der Waals surface area contributed by atoms with E-state index in [2.05, 4.69) is 24.1 Å². The summed E-state index contributed by atoms with van der Waals surface area (Å²) < 4.78 is 1.16. The molecule has 1 N–H and O–H groups in total. The molecule has 0 spiro atoms. The summed E-state index contributed by atoms with van der Waals surface area (Å²) in [5, 5.41) is 4.89. The van der Waals surface area contributed by atoms with E-state index >= 15 is 0 Å². The maximum Gasteiger partial charge on any atom is 0.317 e. The predicted molar refractivity (Wildman–Crippen MR) is 106 cm³/mol. The first-order valence-electron chi connectivity index (χ1n) is 8.89. The molecule has 7 heteroatoms. The number of nitrogens with zero attached hydrogens (tertiary/aromatic N) is 3. The van der Waals surface area contributed by atoms with Crippen LogP contribution >= 0.6 is 22.9 Å². The minimum atomic E-state index is 0.0558. The van der Waals surface area contributed by atoms with Crippen molar-refractivity contribution < 1.29 is 4.79 Å². The zero-order chi connectivity index (χ0) is 18.0. The third-order valence-electron chi connectivity index (χ3n) is 4.89. The number of aryl methyl sites for hydroxylation is 1. The number of piperazine rings is 1. The van der Waals surface area contributed by atoms with Crippen molar-refractivity contribution in [1.29, 1.82) is 0 Å². The number of hydrogen-bond donors (Lipinski definition) is 1. The van der Waals surface area contributed by atoms with Crippen LogP contribution in [0.3, 0.4) is 0 Å². The summed E-state index contributed by atoms with van der Waals surface area (Å²) >= 11 is 7.89. The lowest BCUT2D eigenvalue weighted by atomic mass is 10.2. The van der Waals surface area contributed by atoms with E-state index in [9.17, 15) is 4.79 Å². The Morgan fingerprint density at radius 2 is 1.96 bits per heavy atom. The van der Waals surface area contributed by atoms with E-state index in [1.54, 1.807) is 11.3 Å². The second-order valence-electron chi connectivity index (χ2n) is 6.45. The van der Waals surface area contributed by atoms with Gasteiger partial charge in [-0.3, -0.25) is 0 Å². The molecule has 1 aliphatic rings. The van der Waals surface area contributed by atoms with Gasteiger partial charge in [0.15, 0.2) is 5.13 Å². The molecule has 0 atom stereocenters. The number of carbonyl (C=O) groups excluding carboxylic acids is 1. The summed E-state index contributed by atoms with van der Waals surface area (Å²) in [5.74, 6) is 0. The lowest BCUT2D eigenvalue weighted by Crippen LogP contribution is -2.53. The molecule has 25 heavy (non-hydrogen) atoms. The van der Waals surface area contributed by atoms with Gasteiger partial charge in [-0.2, -0.15) is 0 Å². The minimum Gasteiger partial charge on any atom is -0.345 e. The predicted octanol–water partition coefficient (Wildman–Crippen LogP) is 4.28. The molecule has 2 aromatic rings. The molecule has 0 aliphatic carbocycles. The number of benzene rings is 1. The first-order valence-corrected chi connectivity index (χ1v) is 10.1. The van der Waals surface area contributed by atoms with E-state index in [-0.39, 0.29) is 12.1 Å². The molecule has 1 saturated heterocycles. The molecule has 0 saturated carbocycles. The van der Waals surface area contributed by atoms with Crippen molar-refractivity contribution in [3.05, 3.63) is 22.7 Å². The number of hydrogen-bond acceptors (Lipinski definition) is 4. The Morgan fingerprint density at radius 3 is 2.60 bits per heavy atom. The maximum absolute atomic E-state index is 12.4. The van der Waals surface area contributed by atoms with Crippen molar-refractivity contribution in [2.24, 2.45) is 0 Å². The molecule has 5 nitrogen and oxygen atoms in total. The highest BCUT2D eigenvalue weighted by molar-refractivity contribution is 7.22. The molecule has 0 bridgehead atoms. The van der Waals surface area contributed by atoms with Crippen molar-refractivity contribution in [3.8, 4) is 0 Å². The van der Waals surface area contributed by atoms with Crippen LogP contribution in [0.5, 0.6) is 0 Å². The topological polar surface area (TPSA) is 48.5 Å². The summed E-state index contributed by atoms with van der Waals surface area (Å²) in [7, 11) is 0. The molecule has 1 aromatic carbocycles. The van der Waals surface area contributed by atoms with Crippen LogP contribution in [0.25, 0.3) is 10.2 Å². The number of aromatic nitrogens is 1. The number of halogens is 1. The largest absolute Gasteiger partial charge is 0.345 e. The maximum atomic E-state index is 12.4. The van der Waals surface area contributed by atoms with E-state index in [1.807, 2.05) is 24.0 Å². The van der Waals surface area contributed by atoms with Crippen molar-refractivity contribution in [2.45, 2.75) is 39.7 Å². The van der Waals surface area contributed by atoms with Gasteiger partial charge in [-0.1, -0.05) is 36.8 Å². The molecule has 136 valence electrons. The number of fused-ring (bicyclic) bond motifs is 1. The fourth-order valence-electron chi connectivity index (χ4n) is 3.08. The lowest BCUT2D eigenvalue weighted by molar-refractivity contribution is 0.189. The molecule has 2 heterocycles. The van der Waals surface area contributed by atoms with Crippen LogP contribution in [0.1, 0.15) is 32.3 Å². The number of carbonyl (C=O) groups is 1. The Labute approximate surface area is 158 Å². The van der Waals surface area contributed by atoms with Crippen LogP contribution in [-0.2, 0) is 0 Å². The van der Waals surface area contributed by atoms with Gasteiger partial charge in [-0.15, -0.1) is 0 Å². The lowest BCUT2D eigenvalue weighted by Gasteiger charge is -2.35. The van der Waals surface area contributed by atoms with Crippen molar-refractivity contribution >= 4 is 44.3 Å². The zero-order valence-corrected chi connectivity index (χ0v) is 16.6. The number of amides is 2. The Morgan fingerprint density at radius 1 is 1.28 bits per heavy atom. The molecule has 3 rings (SSSR count). The molecular formula is C18H25ClN4OS. The quantitative estimate of drug-likeness (QED) is 0.861. The number of anilines is 1. The van der Waals surface area contributed by atoms with Crippen LogP contribution < -0.4 is 10.2 Å². The van der Waals surface area contributed by atoms with Gasteiger partial charge in [0.25, 0.3) is 0 Å². The van der Waals surface area contributed by atoms with E-state index in [1.165, 1.54) is 0 Å². The number of nitrogens with one attached hydrogen (secondary N) is 1. The number of thiazole rings is 1. The number of rotatable bonds is 4. The molecule has 0 radical (unpaired) electrons. The molecule has 1 aliphatic heterocycles. The van der Waals surface area contributed by atoms with Crippen molar-refractivity contribution in [3.63, 3.8) is 0 Å². The normalized spacial score (nSPS) is 15.2. The summed E-state index contributed by atoms with van der Waals surface area (Å²) in [4.78, 5) is 21.3. The van der Waals surface area contributed by atoms with Gasteiger partial charge in [-0.25, -0.2) is 9.78 Å². The van der Waals surface area contributed by atoms with Gasteiger partial charge in [0.1, 0.15) is 0 Å². The van der Waals surface area contributed by atoms with Crippen molar-refractivity contribution in [2.75, 3.05) is 31.1 Å². The van der Waals surface area contributed by atoms with Crippen LogP contribution in [0.15, 0.2) is 12.1 Å². The van der Waals surface area contributed by atoms with Gasteiger partial charge in [0, 0.05) is 37.2 Å². The van der Waals surface area contributed by atoms with Crippen LogP contribution in [0.2, 0.25) is 5.02 Å². The highest BCUT2D eigenvalue weighted by Crippen LogP contribution is 2.33.